The maximum absolute atomic E-state index is 14.4. The van der Waals surface area contributed by atoms with Crippen molar-refractivity contribution in [3.63, 3.8) is 0 Å². The monoisotopic (exact) mass is 477 g/mol. The fourth-order valence-corrected chi connectivity index (χ4v) is 6.87. The van der Waals surface area contributed by atoms with Crippen LogP contribution in [0.1, 0.15) is 53.1 Å². The van der Waals surface area contributed by atoms with Crippen LogP contribution < -0.4 is 10.2 Å². The van der Waals surface area contributed by atoms with E-state index in [1.165, 1.54) is 0 Å². The minimum absolute atomic E-state index is 0.0337. The molecule has 0 saturated carbocycles. The number of benzene rings is 1. The number of aromatic nitrogens is 1. The van der Waals surface area contributed by atoms with E-state index in [4.69, 9.17) is 4.52 Å². The third kappa shape index (κ3) is 3.10. The minimum atomic E-state index is -0.961. The van der Waals surface area contributed by atoms with Crippen molar-refractivity contribution in [3.05, 3.63) is 46.8 Å². The molecule has 184 valence electrons. The third-order valence-electron chi connectivity index (χ3n) is 8.37. The van der Waals surface area contributed by atoms with E-state index in [1.807, 2.05) is 29.2 Å². The highest BCUT2D eigenvalue weighted by atomic mass is 16.5. The number of nitrogens with zero attached hydrogens (tertiary/aromatic N) is 4. The van der Waals surface area contributed by atoms with Gasteiger partial charge in [-0.1, -0.05) is 23.4 Å². The van der Waals surface area contributed by atoms with Crippen LogP contribution in [0.2, 0.25) is 0 Å². The third-order valence-corrected chi connectivity index (χ3v) is 8.37. The molecular formula is C26H31N5O4. The van der Waals surface area contributed by atoms with Crippen LogP contribution in [0.4, 0.5) is 5.69 Å². The molecular weight excluding hydrogens is 446 g/mol. The van der Waals surface area contributed by atoms with Gasteiger partial charge in [0.05, 0.1) is 11.6 Å². The molecule has 35 heavy (non-hydrogen) atoms. The van der Waals surface area contributed by atoms with E-state index in [2.05, 4.69) is 15.4 Å². The Kier molecular flexibility index (Phi) is 5.21. The molecule has 2 aromatic rings. The maximum atomic E-state index is 14.4. The molecule has 1 N–H and O–H groups in total. The van der Waals surface area contributed by atoms with E-state index in [9.17, 15) is 14.4 Å². The molecule has 1 aromatic heterocycles. The number of hydrogen-bond donors (Lipinski definition) is 1. The molecule has 2 bridgehead atoms. The summed E-state index contributed by atoms with van der Waals surface area (Å²) in [6.07, 6.45) is 3.39. The summed E-state index contributed by atoms with van der Waals surface area (Å²) in [6.45, 7) is 6.01. The van der Waals surface area contributed by atoms with E-state index in [-0.39, 0.29) is 23.8 Å². The molecule has 3 amide bonds. The number of carbonyl (C=O) groups is 3. The van der Waals surface area contributed by atoms with Crippen LogP contribution in [0.15, 0.2) is 28.8 Å². The first-order chi connectivity index (χ1) is 16.9. The maximum Gasteiger partial charge on any atom is 0.259 e. The average molecular weight is 478 g/mol. The molecule has 4 aliphatic rings. The molecule has 3 saturated heterocycles. The van der Waals surface area contributed by atoms with E-state index in [0.717, 1.165) is 30.6 Å². The summed E-state index contributed by atoms with van der Waals surface area (Å²) in [4.78, 5) is 47.3. The second-order valence-electron chi connectivity index (χ2n) is 10.2. The van der Waals surface area contributed by atoms with Gasteiger partial charge in [0.15, 0.2) is 0 Å². The number of rotatable bonds is 1. The van der Waals surface area contributed by atoms with Gasteiger partial charge >= 0.3 is 0 Å². The summed E-state index contributed by atoms with van der Waals surface area (Å²) >= 11 is 0. The van der Waals surface area contributed by atoms with Gasteiger partial charge < -0.3 is 19.6 Å². The summed E-state index contributed by atoms with van der Waals surface area (Å²) in [5.41, 5.74) is 1.85. The molecule has 1 aromatic carbocycles. The Labute approximate surface area is 204 Å². The van der Waals surface area contributed by atoms with E-state index < -0.39 is 11.5 Å². The molecule has 9 heteroatoms. The average Bonchev–Trinajstić information content (AvgIpc) is 3.57. The molecule has 6 rings (SSSR count). The lowest BCUT2D eigenvalue weighted by Gasteiger charge is -2.37. The van der Waals surface area contributed by atoms with E-state index in [1.54, 1.807) is 18.7 Å². The Hall–Kier alpha value is -3.20. The molecule has 3 fully saturated rings. The van der Waals surface area contributed by atoms with Crippen LogP contribution in [-0.4, -0.2) is 71.4 Å². The lowest BCUT2D eigenvalue weighted by Crippen LogP contribution is -2.57. The van der Waals surface area contributed by atoms with Crippen molar-refractivity contribution < 1.29 is 18.9 Å². The first-order valence-corrected chi connectivity index (χ1v) is 12.6. The van der Waals surface area contributed by atoms with Gasteiger partial charge in [-0.15, -0.1) is 0 Å². The molecule has 0 aliphatic carbocycles. The fraction of sp³-hybridized carbons (Fsp3) is 0.538. The first kappa shape index (κ1) is 22.3. The second kappa shape index (κ2) is 8.19. The number of aryl methyl sites for hydroxylation is 2. The van der Waals surface area contributed by atoms with Crippen LogP contribution in [0, 0.1) is 19.8 Å². The largest absolute Gasteiger partial charge is 0.361 e. The number of carbonyl (C=O) groups excluding carboxylic acids is 3. The first-order valence-electron chi connectivity index (χ1n) is 12.6. The van der Waals surface area contributed by atoms with Crippen LogP contribution in [-0.2, 0) is 15.1 Å². The van der Waals surface area contributed by atoms with Crippen molar-refractivity contribution in [1.29, 1.82) is 0 Å². The summed E-state index contributed by atoms with van der Waals surface area (Å²) in [5.74, 6) is -0.173. The van der Waals surface area contributed by atoms with Crippen molar-refractivity contribution in [3.8, 4) is 0 Å². The summed E-state index contributed by atoms with van der Waals surface area (Å²) in [7, 11) is 0. The van der Waals surface area contributed by atoms with Gasteiger partial charge in [0.2, 0.25) is 5.91 Å². The molecule has 0 radical (unpaired) electrons. The Morgan fingerprint density at radius 2 is 1.94 bits per heavy atom. The van der Waals surface area contributed by atoms with Crippen LogP contribution in [0.25, 0.3) is 0 Å². The Balaban J connectivity index is 1.41. The number of hydrogen-bond acceptors (Lipinski definition) is 6. The number of anilines is 1. The van der Waals surface area contributed by atoms with Crippen LogP contribution in [0.3, 0.4) is 0 Å². The minimum Gasteiger partial charge on any atom is -0.361 e. The van der Waals surface area contributed by atoms with Crippen LogP contribution >= 0.6 is 0 Å². The van der Waals surface area contributed by atoms with Gasteiger partial charge in [0.1, 0.15) is 16.9 Å². The number of fused-ring (bicyclic) bond motifs is 4. The van der Waals surface area contributed by atoms with Crippen molar-refractivity contribution in [2.45, 2.75) is 51.1 Å². The van der Waals surface area contributed by atoms with Crippen molar-refractivity contribution in [2.75, 3.05) is 37.6 Å². The topological polar surface area (TPSA) is 99.0 Å². The van der Waals surface area contributed by atoms with Gasteiger partial charge in [0, 0.05) is 43.5 Å². The molecule has 4 aliphatic heterocycles. The van der Waals surface area contributed by atoms with Crippen molar-refractivity contribution >= 4 is 23.4 Å². The standard InChI is InChI=1S/C26H31N5O4/c1-16-22(17(2)35-28-16)24(33)29-11-6-10-27-23(32)20-15-18-7-5-12-31(18)26(20)19-8-3-4-9-21(19)30(14-13-29)25(26)34/h3-4,8-9,18,20H,5-7,10-15H2,1-2H3,(H,27,32)/t18-,20+,26+/m0/s1. The quantitative estimate of drug-likeness (QED) is 0.675. The summed E-state index contributed by atoms with van der Waals surface area (Å²) in [5, 5.41) is 7.04. The highest BCUT2D eigenvalue weighted by molar-refractivity contribution is 6.11. The second-order valence-corrected chi connectivity index (χ2v) is 10.2. The van der Waals surface area contributed by atoms with Crippen molar-refractivity contribution in [2.24, 2.45) is 5.92 Å². The normalized spacial score (nSPS) is 28.7. The highest BCUT2D eigenvalue weighted by Gasteiger charge is 2.67. The molecule has 3 atom stereocenters. The number of nitrogens with one attached hydrogen (secondary N) is 1. The van der Waals surface area contributed by atoms with Gasteiger partial charge in [-0.05, 0) is 52.1 Å². The Morgan fingerprint density at radius 3 is 2.74 bits per heavy atom. The lowest BCUT2D eigenvalue weighted by atomic mass is 9.78. The van der Waals surface area contributed by atoms with Crippen molar-refractivity contribution in [1.82, 2.24) is 20.3 Å². The van der Waals surface area contributed by atoms with Gasteiger partial charge in [-0.25, -0.2) is 0 Å². The summed E-state index contributed by atoms with van der Waals surface area (Å²) < 4.78 is 5.23. The lowest BCUT2D eigenvalue weighted by molar-refractivity contribution is -0.139. The predicted octanol–water partition coefficient (Wildman–Crippen LogP) is 1.98. The Bertz CT molecular complexity index is 1190. The van der Waals surface area contributed by atoms with E-state index in [0.29, 0.717) is 56.0 Å². The number of amides is 3. The fourth-order valence-electron chi connectivity index (χ4n) is 6.87. The zero-order chi connectivity index (χ0) is 24.3. The highest BCUT2D eigenvalue weighted by Crippen LogP contribution is 2.57. The Morgan fingerprint density at radius 1 is 1.11 bits per heavy atom. The molecule has 0 unspecified atom stereocenters. The zero-order valence-electron chi connectivity index (χ0n) is 20.2. The van der Waals surface area contributed by atoms with Gasteiger partial charge in [-0.3, -0.25) is 19.3 Å². The molecule has 9 nitrogen and oxygen atoms in total. The zero-order valence-corrected chi connectivity index (χ0v) is 20.2. The van der Waals surface area contributed by atoms with Gasteiger partial charge in [-0.2, -0.15) is 0 Å². The SMILES string of the molecule is Cc1noc(C)c1C(=O)N1CCCNC(=O)[C@H]2C[C@@H]3CCCN3[C@@]23C(=O)N(CC1)c1ccccc13. The summed E-state index contributed by atoms with van der Waals surface area (Å²) in [6, 6.07) is 8.13. The molecule has 5 heterocycles. The predicted molar refractivity (Wildman–Crippen MR) is 128 cm³/mol. The molecule has 1 spiro atoms. The van der Waals surface area contributed by atoms with E-state index >= 15 is 0 Å². The smallest absolute Gasteiger partial charge is 0.259 e. The van der Waals surface area contributed by atoms with Crippen LogP contribution in [0.5, 0.6) is 0 Å². The number of para-hydroxylation sites is 1. The van der Waals surface area contributed by atoms with Gasteiger partial charge in [0.25, 0.3) is 11.8 Å².